The minimum atomic E-state index is -0.115. The largest absolute Gasteiger partial charge is 0.393 e. The Balaban J connectivity index is 1.63. The number of aliphatic hydroxyl groups excluding tert-OH is 1. The van der Waals surface area contributed by atoms with Crippen molar-refractivity contribution in [2.75, 3.05) is 12.3 Å². The molecule has 1 saturated heterocycles. The van der Waals surface area contributed by atoms with Gasteiger partial charge in [0.2, 0.25) is 5.91 Å². The number of thioether (sulfide) groups is 1. The highest BCUT2D eigenvalue weighted by molar-refractivity contribution is 8.00. The van der Waals surface area contributed by atoms with E-state index in [1.165, 1.54) is 12.8 Å². The molecule has 0 bridgehead atoms. The lowest BCUT2D eigenvalue weighted by Gasteiger charge is -2.32. The first-order valence-corrected chi connectivity index (χ1v) is 6.88. The third kappa shape index (κ3) is 3.11. The van der Waals surface area contributed by atoms with Gasteiger partial charge in [-0.25, -0.2) is 0 Å². The van der Waals surface area contributed by atoms with Crippen LogP contribution in [0.1, 0.15) is 32.1 Å². The molecule has 0 aromatic heterocycles. The van der Waals surface area contributed by atoms with Crippen molar-refractivity contribution in [1.82, 2.24) is 5.32 Å². The van der Waals surface area contributed by atoms with E-state index in [1.54, 1.807) is 11.8 Å². The van der Waals surface area contributed by atoms with E-state index in [4.69, 9.17) is 5.11 Å². The predicted octanol–water partition coefficient (Wildman–Crippen LogP) is 1.16. The Labute approximate surface area is 95.0 Å². The van der Waals surface area contributed by atoms with Gasteiger partial charge in [-0.1, -0.05) is 6.42 Å². The van der Waals surface area contributed by atoms with Gasteiger partial charge >= 0.3 is 0 Å². The lowest BCUT2D eigenvalue weighted by molar-refractivity contribution is -0.121. The van der Waals surface area contributed by atoms with Crippen molar-refractivity contribution in [2.24, 2.45) is 5.92 Å². The lowest BCUT2D eigenvalue weighted by Crippen LogP contribution is -2.41. The molecule has 2 fully saturated rings. The first-order chi connectivity index (χ1) is 7.25. The fraction of sp³-hybridized carbons (Fsp3) is 0.909. The van der Waals surface area contributed by atoms with Gasteiger partial charge in [0.25, 0.3) is 0 Å². The van der Waals surface area contributed by atoms with Gasteiger partial charge < -0.3 is 10.4 Å². The Morgan fingerprint density at radius 2 is 2.20 bits per heavy atom. The lowest BCUT2D eigenvalue weighted by atomic mass is 9.82. The van der Waals surface area contributed by atoms with Crippen molar-refractivity contribution in [3.05, 3.63) is 0 Å². The number of nitrogens with one attached hydrogen (secondary N) is 1. The summed E-state index contributed by atoms with van der Waals surface area (Å²) >= 11 is 1.79. The van der Waals surface area contributed by atoms with Crippen molar-refractivity contribution >= 4 is 17.7 Å². The molecule has 1 aliphatic carbocycles. The molecule has 2 rings (SSSR count). The van der Waals surface area contributed by atoms with E-state index in [2.05, 4.69) is 5.32 Å². The molecule has 1 amide bonds. The summed E-state index contributed by atoms with van der Waals surface area (Å²) in [6, 6.07) is 0. The number of hydrogen-bond donors (Lipinski definition) is 2. The molecule has 2 N–H and O–H groups in total. The molecule has 1 saturated carbocycles. The second-order valence-corrected chi connectivity index (χ2v) is 5.90. The maximum Gasteiger partial charge on any atom is 0.233 e. The smallest absolute Gasteiger partial charge is 0.233 e. The Bertz CT molecular complexity index is 223. The summed E-state index contributed by atoms with van der Waals surface area (Å²) in [5.41, 5.74) is 0. The van der Waals surface area contributed by atoms with E-state index >= 15 is 0 Å². The summed E-state index contributed by atoms with van der Waals surface area (Å²) in [6.07, 6.45) is 5.08. The third-order valence-corrected chi connectivity index (χ3v) is 4.62. The van der Waals surface area contributed by atoms with E-state index < -0.39 is 0 Å². The van der Waals surface area contributed by atoms with Crippen LogP contribution in [0.25, 0.3) is 0 Å². The van der Waals surface area contributed by atoms with Crippen molar-refractivity contribution in [1.29, 1.82) is 0 Å². The predicted molar refractivity (Wildman–Crippen MR) is 61.8 cm³/mol. The minimum absolute atomic E-state index is 0.115. The van der Waals surface area contributed by atoms with Crippen LogP contribution in [0.3, 0.4) is 0 Å². The van der Waals surface area contributed by atoms with Crippen LogP contribution in [-0.2, 0) is 4.79 Å². The molecule has 1 unspecified atom stereocenters. The number of amides is 1. The maximum atomic E-state index is 11.7. The normalized spacial score (nSPS) is 35.7. The highest BCUT2D eigenvalue weighted by Crippen LogP contribution is 2.27. The van der Waals surface area contributed by atoms with Gasteiger partial charge in [-0.15, -0.1) is 11.8 Å². The van der Waals surface area contributed by atoms with Crippen molar-refractivity contribution < 1.29 is 9.90 Å². The fourth-order valence-corrected chi connectivity index (χ4v) is 3.40. The molecule has 0 aromatic carbocycles. The molecule has 4 heteroatoms. The quantitative estimate of drug-likeness (QED) is 0.763. The summed E-state index contributed by atoms with van der Waals surface area (Å²) in [6.45, 7) is 0.757. The van der Waals surface area contributed by atoms with Gasteiger partial charge in [0, 0.05) is 6.54 Å². The second kappa shape index (κ2) is 5.21. The topological polar surface area (TPSA) is 49.3 Å². The highest BCUT2D eigenvalue weighted by Gasteiger charge is 2.28. The first-order valence-electron chi connectivity index (χ1n) is 5.83. The van der Waals surface area contributed by atoms with Gasteiger partial charge in [0.1, 0.15) is 0 Å². The van der Waals surface area contributed by atoms with Gasteiger partial charge in [0.15, 0.2) is 0 Å². The number of rotatable bonds is 3. The fourth-order valence-electron chi connectivity index (χ4n) is 2.17. The van der Waals surface area contributed by atoms with Crippen LogP contribution in [0.4, 0.5) is 0 Å². The molecule has 1 heterocycles. The molecular formula is C11H19NO2S. The average Bonchev–Trinajstić information content (AvgIpc) is 2.23. The molecule has 2 aliphatic rings. The van der Waals surface area contributed by atoms with Crippen LogP contribution in [0.2, 0.25) is 0 Å². The standard InChI is InChI=1S/C11H19NO2S/c13-9-5-8(6-9)7-12-11(14)10-3-1-2-4-15-10/h8-10,13H,1-7H2,(H,12,14). The Hall–Kier alpha value is -0.220. The van der Waals surface area contributed by atoms with Crippen LogP contribution in [0, 0.1) is 5.92 Å². The maximum absolute atomic E-state index is 11.7. The summed E-state index contributed by atoms with van der Waals surface area (Å²) < 4.78 is 0. The molecular weight excluding hydrogens is 210 g/mol. The van der Waals surface area contributed by atoms with Gasteiger partial charge in [-0.2, -0.15) is 0 Å². The Morgan fingerprint density at radius 1 is 1.40 bits per heavy atom. The molecule has 15 heavy (non-hydrogen) atoms. The van der Waals surface area contributed by atoms with Crippen LogP contribution >= 0.6 is 11.8 Å². The zero-order chi connectivity index (χ0) is 10.7. The third-order valence-electron chi connectivity index (χ3n) is 3.25. The molecule has 3 nitrogen and oxygen atoms in total. The molecule has 86 valence electrons. The van der Waals surface area contributed by atoms with E-state index in [0.29, 0.717) is 5.92 Å². The summed E-state index contributed by atoms with van der Waals surface area (Å²) in [5, 5.41) is 12.3. The van der Waals surface area contributed by atoms with Crippen LogP contribution in [-0.4, -0.2) is 34.7 Å². The SMILES string of the molecule is O=C(NCC1CC(O)C1)C1CCCCS1. The highest BCUT2D eigenvalue weighted by atomic mass is 32.2. The molecule has 0 aromatic rings. The zero-order valence-electron chi connectivity index (χ0n) is 8.95. The van der Waals surface area contributed by atoms with Crippen molar-refractivity contribution in [3.8, 4) is 0 Å². The molecule has 1 atom stereocenters. The van der Waals surface area contributed by atoms with Gasteiger partial charge in [-0.3, -0.25) is 4.79 Å². The van der Waals surface area contributed by atoms with Crippen molar-refractivity contribution in [2.45, 2.75) is 43.5 Å². The van der Waals surface area contributed by atoms with E-state index in [1.807, 2.05) is 0 Å². The molecule has 0 spiro atoms. The summed E-state index contributed by atoms with van der Waals surface area (Å²) in [5.74, 6) is 1.85. The van der Waals surface area contributed by atoms with Gasteiger partial charge in [-0.05, 0) is 37.4 Å². The van der Waals surface area contributed by atoms with E-state index in [-0.39, 0.29) is 17.3 Å². The second-order valence-electron chi connectivity index (χ2n) is 4.59. The van der Waals surface area contributed by atoms with Gasteiger partial charge in [0.05, 0.1) is 11.4 Å². The number of carbonyl (C=O) groups excluding carboxylic acids is 1. The minimum Gasteiger partial charge on any atom is -0.393 e. The monoisotopic (exact) mass is 229 g/mol. The van der Waals surface area contributed by atoms with Crippen LogP contribution in [0.15, 0.2) is 0 Å². The van der Waals surface area contributed by atoms with Crippen LogP contribution in [0.5, 0.6) is 0 Å². The van der Waals surface area contributed by atoms with E-state index in [0.717, 1.165) is 31.6 Å². The molecule has 1 aliphatic heterocycles. The number of carbonyl (C=O) groups is 1. The van der Waals surface area contributed by atoms with E-state index in [9.17, 15) is 4.79 Å². The number of hydrogen-bond acceptors (Lipinski definition) is 3. The molecule has 0 radical (unpaired) electrons. The van der Waals surface area contributed by atoms with Crippen LogP contribution < -0.4 is 5.32 Å². The number of aliphatic hydroxyl groups is 1. The summed E-state index contributed by atoms with van der Waals surface area (Å²) in [4.78, 5) is 11.7. The van der Waals surface area contributed by atoms with Crippen molar-refractivity contribution in [3.63, 3.8) is 0 Å². The zero-order valence-corrected chi connectivity index (χ0v) is 9.76. The Morgan fingerprint density at radius 3 is 2.80 bits per heavy atom. The first kappa shape index (κ1) is 11.3. The average molecular weight is 229 g/mol. The Kier molecular flexibility index (Phi) is 3.92. The summed E-state index contributed by atoms with van der Waals surface area (Å²) in [7, 11) is 0.